The highest BCUT2D eigenvalue weighted by Gasteiger charge is 2.21. The van der Waals surface area contributed by atoms with Gasteiger partial charge in [0.1, 0.15) is 11.2 Å². The highest BCUT2D eigenvalue weighted by Crippen LogP contribution is 2.46. The van der Waals surface area contributed by atoms with Gasteiger partial charge in [0, 0.05) is 33.9 Å². The first-order valence-corrected chi connectivity index (χ1v) is 20.2. The Balaban J connectivity index is 1.04. The molecular formula is C56H36N2O. The number of hydrogen-bond donors (Lipinski definition) is 0. The van der Waals surface area contributed by atoms with E-state index in [0.29, 0.717) is 0 Å². The fourth-order valence-corrected chi connectivity index (χ4v) is 9.37. The van der Waals surface area contributed by atoms with Crippen LogP contribution in [-0.2, 0) is 0 Å². The van der Waals surface area contributed by atoms with Crippen LogP contribution in [0.5, 0.6) is 0 Å². The molecule has 0 atom stereocenters. The third-order valence-corrected chi connectivity index (χ3v) is 12.0. The van der Waals surface area contributed by atoms with E-state index >= 15 is 0 Å². The van der Waals surface area contributed by atoms with Gasteiger partial charge in [-0.25, -0.2) is 0 Å². The van der Waals surface area contributed by atoms with Crippen molar-refractivity contribution < 1.29 is 4.42 Å². The van der Waals surface area contributed by atoms with Crippen LogP contribution in [0.15, 0.2) is 223 Å². The van der Waals surface area contributed by atoms with Crippen LogP contribution in [-0.4, -0.2) is 4.40 Å². The molecule has 0 aliphatic rings. The number of benzene rings is 9. The Labute approximate surface area is 341 Å². The maximum atomic E-state index is 6.42. The lowest BCUT2D eigenvalue weighted by Gasteiger charge is -2.27. The maximum Gasteiger partial charge on any atom is 0.137 e. The number of aromatic nitrogens is 1. The van der Waals surface area contributed by atoms with Gasteiger partial charge in [0.15, 0.2) is 0 Å². The van der Waals surface area contributed by atoms with Crippen molar-refractivity contribution in [2.75, 3.05) is 4.90 Å². The van der Waals surface area contributed by atoms with Crippen molar-refractivity contribution in [1.82, 2.24) is 4.40 Å². The Kier molecular flexibility index (Phi) is 7.54. The van der Waals surface area contributed by atoms with Crippen molar-refractivity contribution >= 4 is 77.0 Å². The van der Waals surface area contributed by atoms with Gasteiger partial charge in [-0.1, -0.05) is 152 Å². The number of furan rings is 1. The maximum absolute atomic E-state index is 6.42. The molecule has 3 aromatic heterocycles. The molecule has 9 aromatic carbocycles. The number of hydrogen-bond acceptors (Lipinski definition) is 2. The predicted octanol–water partition coefficient (Wildman–Crippen LogP) is 15.8. The van der Waals surface area contributed by atoms with E-state index < -0.39 is 0 Å². The van der Waals surface area contributed by atoms with Crippen molar-refractivity contribution in [3.8, 4) is 33.4 Å². The van der Waals surface area contributed by atoms with E-state index in [1.165, 1.54) is 71.3 Å². The topological polar surface area (TPSA) is 20.8 Å². The molecule has 3 heteroatoms. The zero-order valence-electron chi connectivity index (χ0n) is 32.1. The molecule has 12 rings (SSSR count). The quantitative estimate of drug-likeness (QED) is 0.169. The first-order chi connectivity index (χ1) is 29.3. The lowest BCUT2D eigenvalue weighted by Crippen LogP contribution is -2.10. The number of anilines is 3. The second kappa shape index (κ2) is 13.4. The average molecular weight is 753 g/mol. The third kappa shape index (κ3) is 5.29. The Morgan fingerprint density at radius 1 is 0.356 bits per heavy atom. The van der Waals surface area contributed by atoms with Gasteiger partial charge >= 0.3 is 0 Å². The summed E-state index contributed by atoms with van der Waals surface area (Å²) in [5.41, 5.74) is 14.6. The molecule has 276 valence electrons. The van der Waals surface area contributed by atoms with Crippen molar-refractivity contribution in [2.24, 2.45) is 0 Å². The zero-order chi connectivity index (χ0) is 38.9. The molecular weight excluding hydrogens is 717 g/mol. The molecule has 12 aromatic rings. The minimum atomic E-state index is 0.867. The van der Waals surface area contributed by atoms with Crippen LogP contribution in [0, 0.1) is 0 Å². The summed E-state index contributed by atoms with van der Waals surface area (Å²) in [7, 11) is 0. The Bertz CT molecular complexity index is 3540. The summed E-state index contributed by atoms with van der Waals surface area (Å²) >= 11 is 0. The smallest absolute Gasteiger partial charge is 0.137 e. The molecule has 3 nitrogen and oxygen atoms in total. The Morgan fingerprint density at radius 3 is 1.80 bits per heavy atom. The van der Waals surface area contributed by atoms with E-state index in [2.05, 4.69) is 222 Å². The fourth-order valence-electron chi connectivity index (χ4n) is 9.37. The van der Waals surface area contributed by atoms with E-state index in [-0.39, 0.29) is 0 Å². The standard InChI is InChI=1S/C56H36N2O/c1-2-14-40(15-3-1)54-48-22-8-9-36-57(48)49-35-30-41-17-11-21-46(53(41)56(49)54)39-28-33-43(34-29-39)58(50-23-12-25-52-55(50)47-19-6-7-24-51(47)59-52)42-31-26-38(27-32-42)45-20-10-16-37-13-4-5-18-44(37)45/h1-36H. The molecule has 0 spiro atoms. The molecule has 0 aliphatic carbocycles. The summed E-state index contributed by atoms with van der Waals surface area (Å²) in [6.07, 6.45) is 2.18. The first kappa shape index (κ1) is 33.3. The van der Waals surface area contributed by atoms with Gasteiger partial charge < -0.3 is 13.7 Å². The fraction of sp³-hybridized carbons (Fsp3) is 0. The molecule has 59 heavy (non-hydrogen) atoms. The predicted molar refractivity (Wildman–Crippen MR) is 248 cm³/mol. The molecule has 3 heterocycles. The Morgan fingerprint density at radius 2 is 0.983 bits per heavy atom. The number of pyridine rings is 1. The minimum Gasteiger partial charge on any atom is -0.456 e. The molecule has 0 unspecified atom stereocenters. The summed E-state index contributed by atoms with van der Waals surface area (Å²) in [6, 6.07) is 76.5. The van der Waals surface area contributed by atoms with Gasteiger partial charge in [-0.05, 0) is 110 Å². The average Bonchev–Trinajstić information content (AvgIpc) is 3.86. The van der Waals surface area contributed by atoms with Crippen LogP contribution in [0.1, 0.15) is 0 Å². The lowest BCUT2D eigenvalue weighted by molar-refractivity contribution is 0.669. The van der Waals surface area contributed by atoms with Crippen LogP contribution in [0.3, 0.4) is 0 Å². The van der Waals surface area contributed by atoms with E-state index in [4.69, 9.17) is 4.42 Å². The van der Waals surface area contributed by atoms with Crippen molar-refractivity contribution in [3.05, 3.63) is 219 Å². The number of rotatable bonds is 6. The summed E-state index contributed by atoms with van der Waals surface area (Å²) in [4.78, 5) is 2.37. The summed E-state index contributed by atoms with van der Waals surface area (Å²) in [5, 5.41) is 8.43. The van der Waals surface area contributed by atoms with Crippen LogP contribution in [0.2, 0.25) is 0 Å². The molecule has 0 bridgehead atoms. The molecule has 0 saturated heterocycles. The molecule has 0 saturated carbocycles. The van der Waals surface area contributed by atoms with Crippen LogP contribution >= 0.6 is 0 Å². The highest BCUT2D eigenvalue weighted by molar-refractivity contribution is 6.22. The van der Waals surface area contributed by atoms with Crippen molar-refractivity contribution in [3.63, 3.8) is 0 Å². The SMILES string of the molecule is c1ccc(-c2c3c4c(-c5ccc(N(c6ccc(-c7cccc8ccccc78)cc6)c6cccc7oc8ccccc8c67)cc5)cccc4ccc3n3ccccc23)cc1. The lowest BCUT2D eigenvalue weighted by atomic mass is 9.92. The summed E-state index contributed by atoms with van der Waals surface area (Å²) in [5.74, 6) is 0. The van der Waals surface area contributed by atoms with Gasteiger partial charge in [-0.3, -0.25) is 0 Å². The third-order valence-electron chi connectivity index (χ3n) is 12.0. The zero-order valence-corrected chi connectivity index (χ0v) is 32.1. The van der Waals surface area contributed by atoms with Gasteiger partial charge in [0.25, 0.3) is 0 Å². The number of fused-ring (bicyclic) bond motifs is 9. The van der Waals surface area contributed by atoms with E-state index in [0.717, 1.165) is 39.0 Å². The Hall–Kier alpha value is -7.88. The molecule has 0 amide bonds. The van der Waals surface area contributed by atoms with Crippen LogP contribution in [0.25, 0.3) is 93.3 Å². The van der Waals surface area contributed by atoms with Gasteiger partial charge in [-0.15, -0.1) is 0 Å². The minimum absolute atomic E-state index is 0.867. The van der Waals surface area contributed by atoms with Crippen molar-refractivity contribution in [2.45, 2.75) is 0 Å². The van der Waals surface area contributed by atoms with Crippen LogP contribution < -0.4 is 4.90 Å². The second-order valence-corrected chi connectivity index (χ2v) is 15.3. The molecule has 0 fully saturated rings. The normalized spacial score (nSPS) is 11.7. The molecule has 0 N–H and O–H groups in total. The number of nitrogens with zero attached hydrogens (tertiary/aromatic N) is 2. The van der Waals surface area contributed by atoms with E-state index in [1.807, 2.05) is 6.07 Å². The second-order valence-electron chi connectivity index (χ2n) is 15.3. The van der Waals surface area contributed by atoms with Gasteiger partial charge in [-0.2, -0.15) is 0 Å². The number of para-hydroxylation sites is 1. The largest absolute Gasteiger partial charge is 0.456 e. The van der Waals surface area contributed by atoms with Crippen LogP contribution in [0.4, 0.5) is 17.1 Å². The first-order valence-electron chi connectivity index (χ1n) is 20.2. The van der Waals surface area contributed by atoms with Crippen molar-refractivity contribution in [1.29, 1.82) is 0 Å². The van der Waals surface area contributed by atoms with E-state index in [1.54, 1.807) is 0 Å². The summed E-state index contributed by atoms with van der Waals surface area (Å²) < 4.78 is 8.75. The monoisotopic (exact) mass is 752 g/mol. The summed E-state index contributed by atoms with van der Waals surface area (Å²) in [6.45, 7) is 0. The van der Waals surface area contributed by atoms with Gasteiger partial charge in [0.2, 0.25) is 0 Å². The molecule has 0 radical (unpaired) electrons. The van der Waals surface area contributed by atoms with Gasteiger partial charge in [0.05, 0.1) is 22.1 Å². The molecule has 0 aliphatic heterocycles. The van der Waals surface area contributed by atoms with E-state index in [9.17, 15) is 0 Å². The highest BCUT2D eigenvalue weighted by atomic mass is 16.3.